The molecule has 0 saturated carbocycles. The number of carbonyl (C=O) groups is 2. The van der Waals surface area contributed by atoms with Gasteiger partial charge in [0.05, 0.1) is 18.2 Å². The third kappa shape index (κ3) is 4.53. The van der Waals surface area contributed by atoms with Crippen LogP contribution in [-0.2, 0) is 11.2 Å². The van der Waals surface area contributed by atoms with Gasteiger partial charge in [-0.25, -0.2) is 9.59 Å². The predicted octanol–water partition coefficient (Wildman–Crippen LogP) is 5.23. The SMILES string of the molecule is CCOC(=O)c1ccc2c(c1)CC(C)(C)C(c1cccc(NC(=O)N3CCCC3)c1)N2. The molecule has 31 heavy (non-hydrogen) atoms. The van der Waals surface area contributed by atoms with Crippen LogP contribution in [-0.4, -0.2) is 36.6 Å². The van der Waals surface area contributed by atoms with Crippen LogP contribution in [0.15, 0.2) is 42.5 Å². The van der Waals surface area contributed by atoms with Crippen molar-refractivity contribution in [2.45, 2.75) is 46.1 Å². The molecule has 164 valence electrons. The van der Waals surface area contributed by atoms with E-state index in [9.17, 15) is 9.59 Å². The molecule has 0 spiro atoms. The van der Waals surface area contributed by atoms with Crippen molar-refractivity contribution in [3.05, 3.63) is 59.2 Å². The second kappa shape index (κ2) is 8.61. The molecule has 2 N–H and O–H groups in total. The fourth-order valence-corrected chi connectivity index (χ4v) is 4.62. The van der Waals surface area contributed by atoms with E-state index in [-0.39, 0.29) is 23.5 Å². The summed E-state index contributed by atoms with van der Waals surface area (Å²) in [6, 6.07) is 13.9. The van der Waals surface area contributed by atoms with Gasteiger partial charge in [-0.15, -0.1) is 0 Å². The molecule has 6 nitrogen and oxygen atoms in total. The fourth-order valence-electron chi connectivity index (χ4n) is 4.62. The number of fused-ring (bicyclic) bond motifs is 1. The number of nitrogens with zero attached hydrogens (tertiary/aromatic N) is 1. The molecule has 6 heteroatoms. The molecule has 1 atom stereocenters. The Hall–Kier alpha value is -3.02. The summed E-state index contributed by atoms with van der Waals surface area (Å²) in [6.07, 6.45) is 2.98. The van der Waals surface area contributed by atoms with Gasteiger partial charge >= 0.3 is 12.0 Å². The number of likely N-dealkylation sites (tertiary alicyclic amines) is 1. The molecule has 4 rings (SSSR count). The smallest absolute Gasteiger partial charge is 0.338 e. The molecule has 1 fully saturated rings. The minimum Gasteiger partial charge on any atom is -0.462 e. The Morgan fingerprint density at radius 2 is 1.94 bits per heavy atom. The van der Waals surface area contributed by atoms with Crippen LogP contribution in [0.5, 0.6) is 0 Å². The van der Waals surface area contributed by atoms with Crippen LogP contribution in [0.1, 0.15) is 61.1 Å². The van der Waals surface area contributed by atoms with Crippen LogP contribution in [0.4, 0.5) is 16.2 Å². The van der Waals surface area contributed by atoms with Gasteiger partial charge in [-0.2, -0.15) is 0 Å². The second-order valence-corrected chi connectivity index (χ2v) is 9.08. The lowest BCUT2D eigenvalue weighted by molar-refractivity contribution is 0.0526. The first-order valence-corrected chi connectivity index (χ1v) is 11.1. The lowest BCUT2D eigenvalue weighted by Crippen LogP contribution is -2.35. The highest BCUT2D eigenvalue weighted by Crippen LogP contribution is 2.45. The van der Waals surface area contributed by atoms with E-state index in [1.165, 1.54) is 0 Å². The van der Waals surface area contributed by atoms with E-state index in [0.717, 1.165) is 54.9 Å². The van der Waals surface area contributed by atoms with Crippen molar-refractivity contribution in [1.29, 1.82) is 0 Å². The maximum absolute atomic E-state index is 12.5. The quantitative estimate of drug-likeness (QED) is 0.664. The summed E-state index contributed by atoms with van der Waals surface area (Å²) >= 11 is 0. The average Bonchev–Trinajstić information content (AvgIpc) is 3.27. The van der Waals surface area contributed by atoms with E-state index in [1.54, 1.807) is 0 Å². The highest BCUT2D eigenvalue weighted by Gasteiger charge is 2.36. The standard InChI is InChI=1S/C25H31N3O3/c1-4-31-23(29)18-10-11-21-19(14-18)16-25(2,3)22(27-21)17-8-7-9-20(15-17)26-24(30)28-12-5-6-13-28/h7-11,14-15,22,27H,4-6,12-13,16H2,1-3H3,(H,26,30). The van der Waals surface area contributed by atoms with Gasteiger partial charge in [0.15, 0.2) is 0 Å². The number of esters is 1. The Balaban J connectivity index is 1.55. The summed E-state index contributed by atoms with van der Waals surface area (Å²) in [7, 11) is 0. The van der Waals surface area contributed by atoms with Crippen molar-refractivity contribution in [1.82, 2.24) is 4.90 Å². The van der Waals surface area contributed by atoms with Gasteiger partial charge in [-0.3, -0.25) is 0 Å². The number of hydrogen-bond donors (Lipinski definition) is 2. The van der Waals surface area contributed by atoms with E-state index in [2.05, 4.69) is 36.6 Å². The van der Waals surface area contributed by atoms with Crippen molar-refractivity contribution < 1.29 is 14.3 Å². The van der Waals surface area contributed by atoms with Gasteiger partial charge < -0.3 is 20.3 Å². The lowest BCUT2D eigenvalue weighted by Gasteiger charge is -2.41. The van der Waals surface area contributed by atoms with E-state index in [4.69, 9.17) is 4.74 Å². The van der Waals surface area contributed by atoms with Crippen molar-refractivity contribution in [3.8, 4) is 0 Å². The molecule has 2 aromatic rings. The second-order valence-electron chi connectivity index (χ2n) is 9.08. The molecule has 2 aliphatic rings. The molecule has 0 aliphatic carbocycles. The molecule has 1 saturated heterocycles. The Morgan fingerprint density at radius 1 is 1.16 bits per heavy atom. The number of anilines is 2. The number of hydrogen-bond acceptors (Lipinski definition) is 4. The van der Waals surface area contributed by atoms with Gasteiger partial charge in [-0.1, -0.05) is 26.0 Å². The average molecular weight is 422 g/mol. The number of nitrogens with one attached hydrogen (secondary N) is 2. The summed E-state index contributed by atoms with van der Waals surface area (Å²) in [6.45, 7) is 8.28. The van der Waals surface area contributed by atoms with Crippen LogP contribution < -0.4 is 10.6 Å². The zero-order valence-electron chi connectivity index (χ0n) is 18.5. The molecular formula is C25H31N3O3. The summed E-state index contributed by atoms with van der Waals surface area (Å²) in [5.41, 5.74) is 4.59. The van der Waals surface area contributed by atoms with Gasteiger partial charge in [-0.05, 0) is 73.1 Å². The summed E-state index contributed by atoms with van der Waals surface area (Å²) < 4.78 is 5.15. The zero-order chi connectivity index (χ0) is 22.0. The third-order valence-corrected chi connectivity index (χ3v) is 6.21. The first kappa shape index (κ1) is 21.2. The Morgan fingerprint density at radius 3 is 2.68 bits per heavy atom. The number of carbonyl (C=O) groups excluding carboxylic acids is 2. The lowest BCUT2D eigenvalue weighted by atomic mass is 9.72. The van der Waals surface area contributed by atoms with Gasteiger partial charge in [0, 0.05) is 24.5 Å². The summed E-state index contributed by atoms with van der Waals surface area (Å²) in [5.74, 6) is -0.285. The Kier molecular flexibility index (Phi) is 5.90. The molecule has 2 aromatic carbocycles. The molecule has 0 aromatic heterocycles. The van der Waals surface area contributed by atoms with E-state index in [1.807, 2.05) is 42.2 Å². The monoisotopic (exact) mass is 421 g/mol. The molecule has 2 heterocycles. The van der Waals surface area contributed by atoms with E-state index >= 15 is 0 Å². The summed E-state index contributed by atoms with van der Waals surface area (Å²) in [5, 5.41) is 6.71. The van der Waals surface area contributed by atoms with E-state index < -0.39 is 0 Å². The molecule has 1 unspecified atom stereocenters. The number of rotatable bonds is 4. The van der Waals surface area contributed by atoms with Crippen LogP contribution in [0.3, 0.4) is 0 Å². The fraction of sp³-hybridized carbons (Fsp3) is 0.440. The predicted molar refractivity (Wildman–Crippen MR) is 123 cm³/mol. The number of benzene rings is 2. The number of ether oxygens (including phenoxy) is 1. The van der Waals surface area contributed by atoms with Crippen molar-refractivity contribution in [2.75, 3.05) is 30.3 Å². The van der Waals surface area contributed by atoms with Gasteiger partial charge in [0.2, 0.25) is 0 Å². The topological polar surface area (TPSA) is 70.7 Å². The Labute approximate surface area is 184 Å². The highest BCUT2D eigenvalue weighted by atomic mass is 16.5. The molecule has 2 amide bonds. The maximum atomic E-state index is 12.5. The zero-order valence-corrected chi connectivity index (χ0v) is 18.5. The maximum Gasteiger partial charge on any atom is 0.338 e. The van der Waals surface area contributed by atoms with Crippen LogP contribution in [0.25, 0.3) is 0 Å². The Bertz CT molecular complexity index is 980. The largest absolute Gasteiger partial charge is 0.462 e. The van der Waals surface area contributed by atoms with Crippen molar-refractivity contribution in [3.63, 3.8) is 0 Å². The minimum atomic E-state index is -0.285. The third-order valence-electron chi connectivity index (χ3n) is 6.21. The minimum absolute atomic E-state index is 0.0256. The van der Waals surface area contributed by atoms with Crippen LogP contribution in [0.2, 0.25) is 0 Å². The first-order valence-electron chi connectivity index (χ1n) is 11.1. The summed E-state index contributed by atoms with van der Waals surface area (Å²) in [4.78, 5) is 26.5. The molecule has 0 bridgehead atoms. The molecule has 2 aliphatic heterocycles. The highest BCUT2D eigenvalue weighted by molar-refractivity contribution is 5.91. The number of amides is 2. The van der Waals surface area contributed by atoms with Crippen LogP contribution >= 0.6 is 0 Å². The normalized spacial score (nSPS) is 19.3. The van der Waals surface area contributed by atoms with Crippen LogP contribution in [0, 0.1) is 5.41 Å². The molecular weight excluding hydrogens is 390 g/mol. The van der Waals surface area contributed by atoms with Gasteiger partial charge in [0.1, 0.15) is 0 Å². The number of urea groups is 1. The molecule has 0 radical (unpaired) electrons. The first-order chi connectivity index (χ1) is 14.9. The van der Waals surface area contributed by atoms with Crippen molar-refractivity contribution >= 4 is 23.4 Å². The van der Waals surface area contributed by atoms with Gasteiger partial charge in [0.25, 0.3) is 0 Å². The van der Waals surface area contributed by atoms with E-state index in [0.29, 0.717) is 12.2 Å². The van der Waals surface area contributed by atoms with Crippen molar-refractivity contribution in [2.24, 2.45) is 5.41 Å².